The minimum Gasteiger partial charge on any atom is -0.387 e. The highest BCUT2D eigenvalue weighted by atomic mass is 16.3. The van der Waals surface area contributed by atoms with Crippen molar-refractivity contribution in [3.63, 3.8) is 0 Å². The van der Waals surface area contributed by atoms with Crippen LogP contribution in [-0.4, -0.2) is 29.0 Å². The van der Waals surface area contributed by atoms with E-state index in [-0.39, 0.29) is 10.5 Å². The van der Waals surface area contributed by atoms with Crippen molar-refractivity contribution >= 4 is 0 Å². The van der Waals surface area contributed by atoms with Gasteiger partial charge >= 0.3 is 0 Å². The van der Waals surface area contributed by atoms with Gasteiger partial charge < -0.3 is 5.11 Å². The van der Waals surface area contributed by atoms with Crippen LogP contribution >= 0.6 is 0 Å². The van der Waals surface area contributed by atoms with Gasteiger partial charge in [0.15, 0.2) is 0 Å². The van der Waals surface area contributed by atoms with Crippen LogP contribution in [0.15, 0.2) is 30.3 Å². The molecule has 0 saturated carbocycles. The van der Waals surface area contributed by atoms with Crippen molar-refractivity contribution in [2.45, 2.75) is 58.3 Å². The van der Waals surface area contributed by atoms with Gasteiger partial charge in [0.1, 0.15) is 0 Å². The molecule has 0 aliphatic carbocycles. The molecule has 0 heterocycles. The van der Waals surface area contributed by atoms with Crippen molar-refractivity contribution in [2.24, 2.45) is 0 Å². The zero-order valence-electron chi connectivity index (χ0n) is 28.4. The van der Waals surface area contributed by atoms with Crippen molar-refractivity contribution in [1.82, 2.24) is 4.90 Å². The van der Waals surface area contributed by atoms with Crippen molar-refractivity contribution in [1.29, 1.82) is 0 Å². The van der Waals surface area contributed by atoms with E-state index in [1.807, 2.05) is 0 Å². The summed E-state index contributed by atoms with van der Waals surface area (Å²) in [5.41, 5.74) is -0.00890. The smallest absolute Gasteiger partial charge is 0.0942 e. The van der Waals surface area contributed by atoms with Gasteiger partial charge in [-0.2, -0.15) is 0 Å². The molecule has 1 aromatic rings. The molecule has 0 amide bonds. The van der Waals surface area contributed by atoms with Crippen LogP contribution in [0.2, 0.25) is 0 Å². The summed E-state index contributed by atoms with van der Waals surface area (Å²) >= 11 is 0. The van der Waals surface area contributed by atoms with Gasteiger partial charge in [-0.1, -0.05) is 56.8 Å². The SMILES string of the molecule is [2H]C([2H])([2H])C([2H])([2H])C([2H])([2H])C([2H])([2H])N([C@@H](C)[C@H](O)c1ccccc1)C([2H])([2H])C([2H])([2H])C([2H])([2H])C([2H])([2H])[2H]. The zero-order valence-corrected chi connectivity index (χ0v) is 10.4. The normalized spacial score (nSPS) is 34.5. The number of aliphatic hydroxyl groups excluding tert-OH is 1. The average Bonchev–Trinajstić information content (AvgIpc) is 2.71. The van der Waals surface area contributed by atoms with E-state index in [4.69, 9.17) is 24.7 Å². The molecule has 0 saturated heterocycles. The molecule has 2 heteroatoms. The summed E-state index contributed by atoms with van der Waals surface area (Å²) < 4.78 is 142. The maximum atomic E-state index is 10.9. The van der Waals surface area contributed by atoms with Crippen molar-refractivity contribution < 1.29 is 29.8 Å². The standard InChI is InChI=1S/C17H29NO/c1-4-6-13-18(14-7-5-2)15(3)17(19)16-11-9-8-10-12-16/h8-12,15,17,19H,4-7,13-14H2,1-3H3/t15-,17-/m0/s1/i1D3,2D3,4D2,5D2,6D2,7D2,13D2,14D2. The first-order chi connectivity index (χ1) is 16.0. The first kappa shape index (κ1) is 4.08. The minimum absolute atomic E-state index is 0.00890. The molecule has 0 radical (unpaired) electrons. The van der Waals surface area contributed by atoms with Gasteiger partial charge in [-0.3, -0.25) is 4.90 Å². The van der Waals surface area contributed by atoms with Gasteiger partial charge in [0.2, 0.25) is 0 Å². The second-order valence-electron chi connectivity index (χ2n) is 3.69. The summed E-state index contributed by atoms with van der Waals surface area (Å²) in [5, 5.41) is 10.9. The number of rotatable bonds is 9. The lowest BCUT2D eigenvalue weighted by Crippen LogP contribution is -2.39. The molecule has 0 aromatic heterocycles. The van der Waals surface area contributed by atoms with Crippen LogP contribution in [0.5, 0.6) is 0 Å². The first-order valence-corrected chi connectivity index (χ1v) is 5.57. The van der Waals surface area contributed by atoms with Gasteiger partial charge in [0, 0.05) is 30.7 Å². The molecule has 0 aliphatic rings. The summed E-state index contributed by atoms with van der Waals surface area (Å²) in [7, 11) is 0. The Morgan fingerprint density at radius 2 is 1.74 bits per heavy atom. The van der Waals surface area contributed by atoms with Crippen molar-refractivity contribution in [3.8, 4) is 0 Å². The third-order valence-corrected chi connectivity index (χ3v) is 2.48. The van der Waals surface area contributed by atoms with Crippen LogP contribution in [0, 0.1) is 0 Å². The lowest BCUT2D eigenvalue weighted by Gasteiger charge is -2.32. The van der Waals surface area contributed by atoms with E-state index >= 15 is 0 Å². The van der Waals surface area contributed by atoms with Crippen LogP contribution in [-0.2, 0) is 0 Å². The van der Waals surface area contributed by atoms with Crippen LogP contribution in [0.3, 0.4) is 0 Å². The fraction of sp³-hybridized carbons (Fsp3) is 0.647. The molecule has 0 bridgehead atoms. The Hall–Kier alpha value is -0.860. The number of hydrogen-bond donors (Lipinski definition) is 1. The molecule has 0 fully saturated rings. The average molecular weight is 282 g/mol. The van der Waals surface area contributed by atoms with E-state index in [9.17, 15) is 5.11 Å². The van der Waals surface area contributed by atoms with Crippen molar-refractivity contribution in [2.75, 3.05) is 13.0 Å². The zero-order chi connectivity index (χ0) is 29.8. The summed E-state index contributed by atoms with van der Waals surface area (Å²) in [6, 6.07) is 4.96. The van der Waals surface area contributed by atoms with E-state index in [0.717, 1.165) is 6.92 Å². The molecular formula is C17H29NO. The largest absolute Gasteiger partial charge is 0.387 e. The van der Waals surface area contributed by atoms with Gasteiger partial charge in [-0.05, 0) is 38.2 Å². The highest BCUT2D eigenvalue weighted by Crippen LogP contribution is 2.21. The molecule has 2 atom stereocenters. The van der Waals surface area contributed by atoms with Crippen LogP contribution in [0.4, 0.5) is 0 Å². The second kappa shape index (κ2) is 9.11. The Morgan fingerprint density at radius 3 is 2.26 bits per heavy atom. The number of aliphatic hydroxyl groups is 1. The molecule has 0 unspecified atom stereocenters. The van der Waals surface area contributed by atoms with E-state index in [1.165, 1.54) is 30.3 Å². The summed E-state index contributed by atoms with van der Waals surface area (Å²) in [6.07, 6.45) is -18.3. The minimum atomic E-state index is -4.16. The summed E-state index contributed by atoms with van der Waals surface area (Å²) in [5.74, 6) is 0. The maximum absolute atomic E-state index is 10.9. The van der Waals surface area contributed by atoms with Crippen LogP contribution in [0.1, 0.15) is 82.5 Å². The fourth-order valence-electron chi connectivity index (χ4n) is 1.48. The van der Waals surface area contributed by atoms with Gasteiger partial charge in [-0.15, -0.1) is 0 Å². The molecule has 0 spiro atoms. The number of hydrogen-bond acceptors (Lipinski definition) is 2. The van der Waals surface area contributed by atoms with E-state index in [1.54, 1.807) is 0 Å². The molecule has 1 rings (SSSR count). The maximum Gasteiger partial charge on any atom is 0.0942 e. The Labute approximate surface area is 143 Å². The van der Waals surface area contributed by atoms with E-state index in [0.29, 0.717) is 0 Å². The van der Waals surface area contributed by atoms with Gasteiger partial charge in [-0.25, -0.2) is 0 Å². The predicted molar refractivity (Wildman–Crippen MR) is 82.3 cm³/mol. The predicted octanol–water partition coefficient (Wildman–Crippen LogP) is 4.01. The Bertz CT molecular complexity index is 872. The Morgan fingerprint density at radius 1 is 1.16 bits per heavy atom. The van der Waals surface area contributed by atoms with Gasteiger partial charge in [0.25, 0.3) is 0 Å². The Kier molecular flexibility index (Phi) is 1.96. The quantitative estimate of drug-likeness (QED) is 0.739. The molecule has 0 aliphatic heterocycles. The van der Waals surface area contributed by atoms with Gasteiger partial charge in [0.05, 0.1) is 6.10 Å². The molecule has 1 N–H and O–H groups in total. The fourth-order valence-corrected chi connectivity index (χ4v) is 1.48. The summed E-state index contributed by atoms with van der Waals surface area (Å²) in [4.78, 5) is -0.356. The lowest BCUT2D eigenvalue weighted by molar-refractivity contribution is 0.0560. The van der Waals surface area contributed by atoms with Crippen molar-refractivity contribution in [3.05, 3.63) is 35.9 Å². The number of nitrogens with zero attached hydrogens (tertiary/aromatic N) is 1. The summed E-state index contributed by atoms with van der Waals surface area (Å²) in [6.45, 7) is -15.0. The first-order valence-electron chi connectivity index (χ1n) is 14.6. The molecular weight excluding hydrogens is 234 g/mol. The lowest BCUT2D eigenvalue weighted by atomic mass is 10.0. The molecule has 2 nitrogen and oxygen atoms in total. The van der Waals surface area contributed by atoms with E-state index in [2.05, 4.69) is 0 Å². The highest BCUT2D eigenvalue weighted by Gasteiger charge is 2.22. The van der Waals surface area contributed by atoms with Crippen LogP contribution < -0.4 is 0 Å². The van der Waals surface area contributed by atoms with Crippen LogP contribution in [0.25, 0.3) is 0 Å². The third kappa shape index (κ3) is 5.33. The molecule has 19 heavy (non-hydrogen) atoms. The van der Waals surface area contributed by atoms with E-state index < -0.39 is 64.3 Å². The molecule has 1 aromatic carbocycles. The molecule has 108 valence electrons. The highest BCUT2D eigenvalue weighted by molar-refractivity contribution is 5.18. The number of benzene rings is 1. The topological polar surface area (TPSA) is 23.5 Å². The monoisotopic (exact) mass is 281 g/mol. The second-order valence-corrected chi connectivity index (χ2v) is 3.69. The third-order valence-electron chi connectivity index (χ3n) is 2.48. The Balaban J connectivity index is 4.03.